The maximum absolute atomic E-state index is 10.6. The third-order valence-corrected chi connectivity index (χ3v) is 3.44. The molecule has 0 aliphatic heterocycles. The van der Waals surface area contributed by atoms with E-state index in [1.165, 1.54) is 0 Å². The second-order valence-electron chi connectivity index (χ2n) is 4.34. The van der Waals surface area contributed by atoms with Crippen LogP contribution in [0.4, 0.5) is 5.69 Å². The summed E-state index contributed by atoms with van der Waals surface area (Å²) >= 11 is 0. The molecule has 100 valence electrons. The first-order valence-electron chi connectivity index (χ1n) is 6.10. The van der Waals surface area contributed by atoms with E-state index in [4.69, 9.17) is 0 Å². The molecule has 0 atom stereocenters. The number of hydrogen-bond donors (Lipinski definition) is 2. The van der Waals surface area contributed by atoms with Gasteiger partial charge in [0.1, 0.15) is 0 Å². The lowest BCUT2D eigenvalue weighted by Crippen LogP contribution is -1.94. The first kappa shape index (κ1) is 12.6. The smallest absolute Gasteiger partial charge is 0.222 e. The van der Waals surface area contributed by atoms with Crippen LogP contribution in [0.2, 0.25) is 0 Å². The maximum atomic E-state index is 10.6. The second-order valence-corrected chi connectivity index (χ2v) is 5.07. The Kier molecular flexibility index (Phi) is 3.35. The number of nitrogens with one attached hydrogen (secondary N) is 1. The molecule has 5 heteroatoms. The van der Waals surface area contributed by atoms with Gasteiger partial charge in [-0.3, -0.25) is 4.72 Å². The molecule has 3 aromatic rings. The summed E-state index contributed by atoms with van der Waals surface area (Å²) in [6, 6.07) is 19.0. The van der Waals surface area contributed by atoms with Crippen LogP contribution in [0.3, 0.4) is 0 Å². The third kappa shape index (κ3) is 2.62. The van der Waals surface area contributed by atoms with Crippen molar-refractivity contribution in [2.24, 2.45) is 0 Å². The van der Waals surface area contributed by atoms with Crippen LogP contribution in [0.5, 0.6) is 0 Å². The zero-order valence-electron chi connectivity index (χ0n) is 10.5. The van der Waals surface area contributed by atoms with Gasteiger partial charge in [0.05, 0.1) is 11.2 Å². The van der Waals surface area contributed by atoms with Crippen molar-refractivity contribution in [3.05, 3.63) is 60.7 Å². The molecule has 1 heterocycles. The second kappa shape index (κ2) is 5.30. The number of anilines is 1. The minimum atomic E-state index is -2.63. The summed E-state index contributed by atoms with van der Waals surface area (Å²) in [7, 11) is -2.63. The van der Waals surface area contributed by atoms with Gasteiger partial charge in [0, 0.05) is 16.6 Å². The number of benzene rings is 2. The quantitative estimate of drug-likeness (QED) is 0.727. The standard InChI is InChI=1S/C15H12N2O2S/c18-20(19)17-13-8-5-12(6-9-13)15-10-7-11-3-1-2-4-14(11)16-15/h1-10,20H,(H,17,18,19). The molecule has 0 fully saturated rings. The number of para-hydroxylation sites is 1. The highest BCUT2D eigenvalue weighted by Crippen LogP contribution is 2.22. The maximum Gasteiger partial charge on any atom is 0.222 e. The van der Waals surface area contributed by atoms with Crippen molar-refractivity contribution in [2.45, 2.75) is 0 Å². The molecule has 20 heavy (non-hydrogen) atoms. The van der Waals surface area contributed by atoms with Crippen LogP contribution in [-0.2, 0) is 10.9 Å². The van der Waals surface area contributed by atoms with E-state index >= 15 is 0 Å². The van der Waals surface area contributed by atoms with Gasteiger partial charge in [0.2, 0.25) is 10.9 Å². The number of rotatable bonds is 3. The van der Waals surface area contributed by atoms with Gasteiger partial charge in [-0.25, -0.2) is 13.4 Å². The van der Waals surface area contributed by atoms with Gasteiger partial charge in [0.25, 0.3) is 0 Å². The zero-order chi connectivity index (χ0) is 13.9. The molecule has 0 amide bonds. The average molecular weight is 284 g/mol. The fourth-order valence-electron chi connectivity index (χ4n) is 2.05. The average Bonchev–Trinajstić information content (AvgIpc) is 2.47. The SMILES string of the molecule is O=[SH](=O)Nc1ccc(-c2ccc3ccccc3n2)cc1. The lowest BCUT2D eigenvalue weighted by Gasteiger charge is -2.04. The molecular weight excluding hydrogens is 272 g/mol. The molecule has 3 rings (SSSR count). The fourth-order valence-corrected chi connectivity index (χ4v) is 2.41. The van der Waals surface area contributed by atoms with E-state index in [9.17, 15) is 8.42 Å². The molecule has 0 unspecified atom stereocenters. The lowest BCUT2D eigenvalue weighted by molar-refractivity contribution is 0.619. The van der Waals surface area contributed by atoms with Crippen LogP contribution >= 0.6 is 0 Å². The number of pyridine rings is 1. The number of hydrogen-bond acceptors (Lipinski definition) is 3. The fraction of sp³-hybridized carbons (Fsp3) is 0. The summed E-state index contributed by atoms with van der Waals surface area (Å²) in [5.74, 6) is 0. The van der Waals surface area contributed by atoms with Gasteiger partial charge in [-0.2, -0.15) is 0 Å². The first-order valence-corrected chi connectivity index (χ1v) is 7.27. The molecule has 0 spiro atoms. The van der Waals surface area contributed by atoms with Crippen molar-refractivity contribution >= 4 is 27.5 Å². The van der Waals surface area contributed by atoms with Gasteiger partial charge < -0.3 is 0 Å². The normalized spacial score (nSPS) is 10.8. The minimum absolute atomic E-state index is 0.547. The van der Waals surface area contributed by atoms with Crippen molar-refractivity contribution in [2.75, 3.05) is 4.72 Å². The van der Waals surface area contributed by atoms with Crippen molar-refractivity contribution in [1.29, 1.82) is 0 Å². The predicted octanol–water partition coefficient (Wildman–Crippen LogP) is 2.84. The molecule has 0 saturated heterocycles. The van der Waals surface area contributed by atoms with Crippen molar-refractivity contribution in [3.63, 3.8) is 0 Å². The summed E-state index contributed by atoms with van der Waals surface area (Å²) < 4.78 is 23.5. The van der Waals surface area contributed by atoms with Gasteiger partial charge >= 0.3 is 0 Å². The van der Waals surface area contributed by atoms with Crippen LogP contribution in [0.1, 0.15) is 0 Å². The van der Waals surface area contributed by atoms with Crippen LogP contribution in [0, 0.1) is 0 Å². The molecule has 4 nitrogen and oxygen atoms in total. The molecule has 1 N–H and O–H groups in total. The summed E-state index contributed by atoms with van der Waals surface area (Å²) in [5.41, 5.74) is 3.30. The Morgan fingerprint density at radius 1 is 0.850 bits per heavy atom. The molecule has 1 aromatic heterocycles. The van der Waals surface area contributed by atoms with E-state index in [2.05, 4.69) is 9.71 Å². The summed E-state index contributed by atoms with van der Waals surface area (Å²) in [6.07, 6.45) is 0. The first-order chi connectivity index (χ1) is 9.72. The molecule has 0 aliphatic rings. The minimum Gasteiger partial charge on any atom is -0.286 e. The Morgan fingerprint density at radius 3 is 2.35 bits per heavy atom. The Hall–Kier alpha value is -2.40. The van der Waals surface area contributed by atoms with Crippen LogP contribution < -0.4 is 4.72 Å². The summed E-state index contributed by atoms with van der Waals surface area (Å²) in [6.45, 7) is 0. The van der Waals surface area contributed by atoms with Crippen molar-refractivity contribution < 1.29 is 8.42 Å². The van der Waals surface area contributed by atoms with E-state index in [0.29, 0.717) is 5.69 Å². The van der Waals surface area contributed by atoms with Gasteiger partial charge in [-0.15, -0.1) is 0 Å². The molecule has 2 aromatic carbocycles. The number of nitrogens with zero attached hydrogens (tertiary/aromatic N) is 1. The number of aromatic nitrogens is 1. The lowest BCUT2D eigenvalue weighted by atomic mass is 10.1. The Labute approximate surface area is 118 Å². The van der Waals surface area contributed by atoms with Gasteiger partial charge in [-0.1, -0.05) is 36.4 Å². The van der Waals surface area contributed by atoms with E-state index in [1.54, 1.807) is 12.1 Å². The third-order valence-electron chi connectivity index (χ3n) is 3.00. The van der Waals surface area contributed by atoms with Crippen LogP contribution in [0.15, 0.2) is 60.7 Å². The van der Waals surface area contributed by atoms with E-state index in [1.807, 2.05) is 48.5 Å². The van der Waals surface area contributed by atoms with E-state index in [-0.39, 0.29) is 0 Å². The Bertz CT molecular complexity index is 819. The van der Waals surface area contributed by atoms with Gasteiger partial charge in [-0.05, 0) is 24.3 Å². The number of thiol groups is 1. The largest absolute Gasteiger partial charge is 0.286 e. The summed E-state index contributed by atoms with van der Waals surface area (Å²) in [5, 5.41) is 1.10. The van der Waals surface area contributed by atoms with Crippen molar-refractivity contribution in [3.8, 4) is 11.3 Å². The zero-order valence-corrected chi connectivity index (χ0v) is 11.4. The van der Waals surface area contributed by atoms with Crippen LogP contribution in [0.25, 0.3) is 22.2 Å². The monoisotopic (exact) mass is 284 g/mol. The highest BCUT2D eigenvalue weighted by atomic mass is 32.2. The molecule has 0 radical (unpaired) electrons. The highest BCUT2D eigenvalue weighted by Gasteiger charge is 2.01. The van der Waals surface area contributed by atoms with Gasteiger partial charge in [0.15, 0.2) is 0 Å². The Balaban J connectivity index is 1.98. The van der Waals surface area contributed by atoms with Crippen molar-refractivity contribution in [1.82, 2.24) is 4.98 Å². The molecule has 0 aliphatic carbocycles. The summed E-state index contributed by atoms with van der Waals surface area (Å²) in [4.78, 5) is 4.60. The Morgan fingerprint density at radius 2 is 1.60 bits per heavy atom. The predicted molar refractivity (Wildman–Crippen MR) is 81.1 cm³/mol. The topological polar surface area (TPSA) is 59.1 Å². The molecular formula is C15H12N2O2S. The van der Waals surface area contributed by atoms with Crippen LogP contribution in [-0.4, -0.2) is 13.4 Å². The van der Waals surface area contributed by atoms with E-state index < -0.39 is 10.9 Å². The molecule has 0 saturated carbocycles. The number of fused-ring (bicyclic) bond motifs is 1. The highest BCUT2D eigenvalue weighted by molar-refractivity contribution is 7.73. The molecule has 0 bridgehead atoms. The van der Waals surface area contributed by atoms with E-state index in [0.717, 1.165) is 22.2 Å².